The summed E-state index contributed by atoms with van der Waals surface area (Å²) in [6, 6.07) is 13.8. The highest BCUT2D eigenvalue weighted by molar-refractivity contribution is 5.76. The number of carbonyl (C=O) groups is 1. The van der Waals surface area contributed by atoms with E-state index in [9.17, 15) is 4.79 Å². The fourth-order valence-electron chi connectivity index (χ4n) is 1.57. The van der Waals surface area contributed by atoms with Crippen molar-refractivity contribution in [2.24, 2.45) is 7.05 Å². The molecule has 0 radical (unpaired) electrons. The number of aromatic nitrogens is 1. The van der Waals surface area contributed by atoms with Gasteiger partial charge in [-0.1, -0.05) is 36.4 Å². The van der Waals surface area contributed by atoms with E-state index in [1.165, 1.54) is 0 Å². The monoisotopic (exact) mass is 211 g/mol. The predicted octanol–water partition coefficient (Wildman–Crippen LogP) is 3.01. The van der Waals surface area contributed by atoms with Crippen molar-refractivity contribution in [1.29, 1.82) is 0 Å². The topological polar surface area (TPSA) is 22.0 Å². The summed E-state index contributed by atoms with van der Waals surface area (Å²) in [5.41, 5.74) is 2.86. The van der Waals surface area contributed by atoms with Crippen LogP contribution in [0.3, 0.4) is 0 Å². The molecule has 0 N–H and O–H groups in total. The third-order valence-electron chi connectivity index (χ3n) is 2.57. The van der Waals surface area contributed by atoms with Crippen molar-refractivity contribution in [1.82, 2.24) is 4.57 Å². The van der Waals surface area contributed by atoms with E-state index in [1.807, 2.05) is 66.2 Å². The summed E-state index contributed by atoms with van der Waals surface area (Å²) < 4.78 is 1.87. The van der Waals surface area contributed by atoms with Crippen molar-refractivity contribution in [3.8, 4) is 0 Å². The van der Waals surface area contributed by atoms with E-state index < -0.39 is 0 Å². The molecule has 2 aromatic rings. The molecule has 0 atom stereocenters. The third kappa shape index (κ3) is 2.11. The Morgan fingerprint density at radius 2 is 1.62 bits per heavy atom. The van der Waals surface area contributed by atoms with Gasteiger partial charge in [0, 0.05) is 12.7 Å². The zero-order valence-electron chi connectivity index (χ0n) is 9.13. The van der Waals surface area contributed by atoms with Crippen LogP contribution in [0.2, 0.25) is 0 Å². The van der Waals surface area contributed by atoms with Crippen molar-refractivity contribution in [2.45, 2.75) is 0 Å². The lowest BCUT2D eigenvalue weighted by Crippen LogP contribution is -1.95. The molecule has 0 saturated carbocycles. The van der Waals surface area contributed by atoms with Gasteiger partial charge in [-0.3, -0.25) is 4.79 Å². The zero-order valence-corrected chi connectivity index (χ0v) is 9.13. The fourth-order valence-corrected chi connectivity index (χ4v) is 1.57. The van der Waals surface area contributed by atoms with Gasteiger partial charge in [0.25, 0.3) is 0 Å². The molecule has 1 aromatic heterocycles. The normalized spacial score (nSPS) is 10.8. The van der Waals surface area contributed by atoms with Crippen molar-refractivity contribution in [3.05, 3.63) is 59.4 Å². The van der Waals surface area contributed by atoms with Crippen LogP contribution >= 0.6 is 0 Å². The number of hydrogen-bond donors (Lipinski definition) is 0. The summed E-state index contributed by atoms with van der Waals surface area (Å²) in [6.07, 6.45) is 4.89. The number of nitrogens with zero attached hydrogens (tertiary/aromatic N) is 1. The maximum atomic E-state index is 10.7. The molecular weight excluding hydrogens is 198 g/mol. The molecule has 1 aromatic carbocycles. The van der Waals surface area contributed by atoms with Gasteiger partial charge in [-0.25, -0.2) is 0 Å². The SMILES string of the molecule is Cn1c(C=O)ccc1/C=C/c1ccccc1. The summed E-state index contributed by atoms with van der Waals surface area (Å²) in [7, 11) is 1.88. The lowest BCUT2D eigenvalue weighted by molar-refractivity contribution is 0.111. The first-order valence-electron chi connectivity index (χ1n) is 5.15. The Hall–Kier alpha value is -2.09. The second-order valence-electron chi connectivity index (χ2n) is 3.60. The molecule has 1 heterocycles. The van der Waals surface area contributed by atoms with Crippen LogP contribution in [-0.4, -0.2) is 10.9 Å². The van der Waals surface area contributed by atoms with Gasteiger partial charge in [-0.15, -0.1) is 0 Å². The maximum absolute atomic E-state index is 10.7. The van der Waals surface area contributed by atoms with Crippen LogP contribution < -0.4 is 0 Å². The lowest BCUT2D eigenvalue weighted by atomic mass is 10.2. The van der Waals surface area contributed by atoms with Gasteiger partial charge in [0.2, 0.25) is 0 Å². The quantitative estimate of drug-likeness (QED) is 0.715. The molecule has 0 amide bonds. The molecule has 0 aliphatic heterocycles. The molecule has 0 saturated heterocycles. The average Bonchev–Trinajstić information content (AvgIpc) is 2.69. The van der Waals surface area contributed by atoms with Crippen LogP contribution in [0.4, 0.5) is 0 Å². The Labute approximate surface area is 94.8 Å². The largest absolute Gasteiger partial charge is 0.342 e. The van der Waals surface area contributed by atoms with Gasteiger partial charge in [0.05, 0.1) is 5.69 Å². The molecule has 0 unspecified atom stereocenters. The summed E-state index contributed by atoms with van der Waals surface area (Å²) in [4.78, 5) is 10.7. The standard InChI is InChI=1S/C14H13NO/c1-15-13(9-10-14(15)11-16)8-7-12-5-3-2-4-6-12/h2-11H,1H3/b8-7+. The molecule has 2 heteroatoms. The molecule has 0 spiro atoms. The highest BCUT2D eigenvalue weighted by Crippen LogP contribution is 2.10. The van der Waals surface area contributed by atoms with Gasteiger partial charge in [-0.05, 0) is 23.8 Å². The molecule has 16 heavy (non-hydrogen) atoms. The summed E-state index contributed by atoms with van der Waals surface area (Å²) in [5.74, 6) is 0. The fraction of sp³-hybridized carbons (Fsp3) is 0.0714. The minimum absolute atomic E-state index is 0.688. The van der Waals surface area contributed by atoms with Gasteiger partial charge in [0.1, 0.15) is 0 Å². The Morgan fingerprint density at radius 3 is 2.25 bits per heavy atom. The van der Waals surface area contributed by atoms with Crippen LogP contribution in [0.25, 0.3) is 12.2 Å². The summed E-state index contributed by atoms with van der Waals surface area (Å²) in [5, 5.41) is 0. The van der Waals surface area contributed by atoms with Crippen LogP contribution in [0, 0.1) is 0 Å². The Kier molecular flexibility index (Phi) is 3.01. The van der Waals surface area contributed by atoms with E-state index in [1.54, 1.807) is 0 Å². The predicted molar refractivity (Wildman–Crippen MR) is 66.2 cm³/mol. The molecule has 0 aliphatic rings. The van der Waals surface area contributed by atoms with E-state index in [0.717, 1.165) is 17.5 Å². The molecule has 80 valence electrons. The van der Waals surface area contributed by atoms with Crippen LogP contribution in [0.5, 0.6) is 0 Å². The van der Waals surface area contributed by atoms with Gasteiger partial charge < -0.3 is 4.57 Å². The van der Waals surface area contributed by atoms with E-state index in [-0.39, 0.29) is 0 Å². The molecule has 0 aliphatic carbocycles. The van der Waals surface area contributed by atoms with Crippen molar-refractivity contribution < 1.29 is 4.79 Å². The second kappa shape index (κ2) is 4.62. The second-order valence-corrected chi connectivity index (χ2v) is 3.60. The minimum Gasteiger partial charge on any atom is -0.342 e. The Bertz CT molecular complexity index is 509. The average molecular weight is 211 g/mol. The highest BCUT2D eigenvalue weighted by Gasteiger charge is 1.99. The number of rotatable bonds is 3. The first-order valence-corrected chi connectivity index (χ1v) is 5.15. The third-order valence-corrected chi connectivity index (χ3v) is 2.57. The molecular formula is C14H13NO. The van der Waals surface area contributed by atoms with Crippen molar-refractivity contribution >= 4 is 18.4 Å². The van der Waals surface area contributed by atoms with Gasteiger partial charge >= 0.3 is 0 Å². The summed E-state index contributed by atoms with van der Waals surface area (Å²) >= 11 is 0. The molecule has 0 fully saturated rings. The van der Waals surface area contributed by atoms with E-state index in [4.69, 9.17) is 0 Å². The van der Waals surface area contributed by atoms with Crippen LogP contribution in [0.15, 0.2) is 42.5 Å². The van der Waals surface area contributed by atoms with E-state index in [2.05, 4.69) is 0 Å². The lowest BCUT2D eigenvalue weighted by Gasteiger charge is -1.98. The molecule has 2 nitrogen and oxygen atoms in total. The van der Waals surface area contributed by atoms with Crippen LogP contribution in [0.1, 0.15) is 21.7 Å². The van der Waals surface area contributed by atoms with Crippen molar-refractivity contribution in [3.63, 3.8) is 0 Å². The van der Waals surface area contributed by atoms with Gasteiger partial charge in [0.15, 0.2) is 6.29 Å². The first-order chi connectivity index (χ1) is 7.81. The first kappa shape index (κ1) is 10.4. The maximum Gasteiger partial charge on any atom is 0.166 e. The van der Waals surface area contributed by atoms with E-state index >= 15 is 0 Å². The van der Waals surface area contributed by atoms with Gasteiger partial charge in [-0.2, -0.15) is 0 Å². The number of benzene rings is 1. The number of aldehydes is 1. The van der Waals surface area contributed by atoms with Crippen LogP contribution in [-0.2, 0) is 7.05 Å². The van der Waals surface area contributed by atoms with E-state index in [0.29, 0.717) is 5.69 Å². The molecule has 0 bridgehead atoms. The smallest absolute Gasteiger partial charge is 0.166 e. The zero-order chi connectivity index (χ0) is 11.4. The van der Waals surface area contributed by atoms with Crippen molar-refractivity contribution in [2.75, 3.05) is 0 Å². The summed E-state index contributed by atoms with van der Waals surface area (Å²) in [6.45, 7) is 0. The Morgan fingerprint density at radius 1 is 0.938 bits per heavy atom. The Balaban J connectivity index is 2.24. The molecule has 2 rings (SSSR count). The number of carbonyl (C=O) groups excluding carboxylic acids is 1. The minimum atomic E-state index is 0.688. The highest BCUT2D eigenvalue weighted by atomic mass is 16.1. The number of hydrogen-bond acceptors (Lipinski definition) is 1.